The van der Waals surface area contributed by atoms with Crippen LogP contribution >= 0.6 is 11.8 Å². The number of para-hydroxylation sites is 1. The van der Waals surface area contributed by atoms with Crippen molar-refractivity contribution in [2.45, 2.75) is 55.2 Å². The molecule has 4 aromatic rings. The first-order valence-electron chi connectivity index (χ1n) is 14.8. The van der Waals surface area contributed by atoms with Gasteiger partial charge in [-0.05, 0) is 49.2 Å². The molecule has 242 valence electrons. The Morgan fingerprint density at radius 2 is 1.74 bits per heavy atom. The van der Waals surface area contributed by atoms with E-state index in [0.29, 0.717) is 41.4 Å². The predicted octanol–water partition coefficient (Wildman–Crippen LogP) is 2.05. The average molecular weight is 651 g/mol. The number of likely N-dealkylation sites (tertiary alicyclic amines) is 1. The fourth-order valence-corrected chi connectivity index (χ4v) is 6.83. The van der Waals surface area contributed by atoms with Gasteiger partial charge in [0.25, 0.3) is 0 Å². The highest BCUT2D eigenvalue weighted by atomic mass is 32.2. The molecule has 0 saturated carbocycles. The molecular formula is C31H34N6O8S. The number of thioether (sulfide) groups is 1. The number of nitrogens with zero attached hydrogens (tertiary/aromatic N) is 5. The summed E-state index contributed by atoms with van der Waals surface area (Å²) >= 11 is 1.02. The van der Waals surface area contributed by atoms with Gasteiger partial charge in [0.05, 0.1) is 11.4 Å². The summed E-state index contributed by atoms with van der Waals surface area (Å²) in [5, 5.41) is 45.0. The molecule has 6 N–H and O–H groups in total. The van der Waals surface area contributed by atoms with Crippen molar-refractivity contribution in [2.75, 3.05) is 24.6 Å². The summed E-state index contributed by atoms with van der Waals surface area (Å²) in [6, 6.07) is 16.8. The van der Waals surface area contributed by atoms with Gasteiger partial charge in [0.2, 0.25) is 5.91 Å². The Bertz CT molecular complexity index is 1690. The van der Waals surface area contributed by atoms with Crippen LogP contribution in [0, 0.1) is 0 Å². The minimum absolute atomic E-state index is 0.0952. The fourth-order valence-electron chi connectivity index (χ4n) is 5.75. The van der Waals surface area contributed by atoms with Crippen molar-refractivity contribution in [3.8, 4) is 22.8 Å². The number of nitrogen functional groups attached to an aromatic ring is 1. The number of hydrogen-bond acceptors (Lipinski definition) is 12. The van der Waals surface area contributed by atoms with Crippen molar-refractivity contribution in [1.29, 1.82) is 0 Å². The molecule has 2 saturated heterocycles. The molecule has 2 aromatic carbocycles. The van der Waals surface area contributed by atoms with Crippen molar-refractivity contribution in [3.63, 3.8) is 0 Å². The lowest BCUT2D eigenvalue weighted by Crippen LogP contribution is -2.58. The van der Waals surface area contributed by atoms with Gasteiger partial charge >= 0.3 is 5.97 Å². The van der Waals surface area contributed by atoms with Gasteiger partial charge in [0, 0.05) is 30.8 Å². The minimum Gasteiger partial charge on any atom is -0.479 e. The maximum atomic E-state index is 13.2. The van der Waals surface area contributed by atoms with Gasteiger partial charge in [0.15, 0.2) is 11.8 Å². The highest BCUT2D eigenvalue weighted by Gasteiger charge is 2.47. The molecule has 0 bridgehead atoms. The van der Waals surface area contributed by atoms with E-state index < -0.39 is 35.8 Å². The Kier molecular flexibility index (Phi) is 9.37. The molecule has 4 heterocycles. The maximum Gasteiger partial charge on any atom is 0.335 e. The Morgan fingerprint density at radius 3 is 2.48 bits per heavy atom. The van der Waals surface area contributed by atoms with E-state index in [1.807, 2.05) is 59.3 Å². The number of aromatic nitrogens is 4. The van der Waals surface area contributed by atoms with Crippen LogP contribution in [0.1, 0.15) is 25.3 Å². The summed E-state index contributed by atoms with van der Waals surface area (Å²) < 4.78 is 13.0. The van der Waals surface area contributed by atoms with E-state index in [4.69, 9.17) is 20.3 Å². The molecule has 46 heavy (non-hydrogen) atoms. The molecule has 15 heteroatoms. The highest BCUT2D eigenvalue weighted by Crippen LogP contribution is 2.35. The number of ether oxygens (including phenoxy) is 2. The summed E-state index contributed by atoms with van der Waals surface area (Å²) in [7, 11) is 0. The van der Waals surface area contributed by atoms with Gasteiger partial charge in [-0.25, -0.2) is 19.4 Å². The van der Waals surface area contributed by atoms with Crippen molar-refractivity contribution in [1.82, 2.24) is 24.6 Å². The van der Waals surface area contributed by atoms with Crippen molar-refractivity contribution < 1.29 is 39.5 Å². The zero-order valence-corrected chi connectivity index (χ0v) is 25.4. The summed E-state index contributed by atoms with van der Waals surface area (Å²) in [5.41, 5.74) is 7.21. The van der Waals surface area contributed by atoms with Crippen LogP contribution in [0.15, 0.2) is 60.9 Å². The van der Waals surface area contributed by atoms with E-state index in [1.54, 1.807) is 4.90 Å². The first-order valence-corrected chi connectivity index (χ1v) is 15.9. The SMILES string of the molecule is Nc1ncnc2c1c(-c1ccc(Oc3ccccc3)cc1)nn2[C@@H]1CCCN(C(=O)CCSC2O[C@H](C(=O)O)[C@@H](O)[C@H](O)[C@H]2O)C1. The van der Waals surface area contributed by atoms with Crippen LogP contribution in [0.4, 0.5) is 5.82 Å². The third kappa shape index (κ3) is 6.50. The number of carbonyl (C=O) groups is 2. The number of aliphatic carboxylic acids is 1. The second kappa shape index (κ2) is 13.6. The van der Waals surface area contributed by atoms with Gasteiger partial charge in [0.1, 0.15) is 53.1 Å². The molecule has 6 rings (SSSR count). The van der Waals surface area contributed by atoms with Crippen LogP contribution in [-0.4, -0.2) is 106 Å². The lowest BCUT2D eigenvalue weighted by atomic mass is 10.0. The average Bonchev–Trinajstić information content (AvgIpc) is 3.46. The smallest absolute Gasteiger partial charge is 0.335 e. The Morgan fingerprint density at radius 1 is 1.00 bits per heavy atom. The molecule has 0 radical (unpaired) electrons. The summed E-state index contributed by atoms with van der Waals surface area (Å²) in [4.78, 5) is 35.1. The number of fused-ring (bicyclic) bond motifs is 1. The molecule has 14 nitrogen and oxygen atoms in total. The quantitative estimate of drug-likeness (QED) is 0.176. The highest BCUT2D eigenvalue weighted by molar-refractivity contribution is 7.99. The van der Waals surface area contributed by atoms with Gasteiger partial charge in [-0.2, -0.15) is 5.10 Å². The molecule has 2 aliphatic heterocycles. The Labute approximate surface area is 267 Å². The number of amides is 1. The second-order valence-electron chi connectivity index (χ2n) is 11.2. The number of rotatable bonds is 9. The third-order valence-electron chi connectivity index (χ3n) is 8.13. The fraction of sp³-hybridized carbons (Fsp3) is 0.387. The molecule has 1 unspecified atom stereocenters. The van der Waals surface area contributed by atoms with Gasteiger partial charge in [-0.15, -0.1) is 11.8 Å². The summed E-state index contributed by atoms with van der Waals surface area (Å²) in [6.07, 6.45) is -3.63. The molecule has 0 spiro atoms. The van der Waals surface area contributed by atoms with E-state index in [1.165, 1.54) is 6.33 Å². The van der Waals surface area contributed by atoms with E-state index in [2.05, 4.69) is 9.97 Å². The van der Waals surface area contributed by atoms with Crippen molar-refractivity contribution in [3.05, 3.63) is 60.9 Å². The number of carboxylic acids is 1. The van der Waals surface area contributed by atoms with Crippen molar-refractivity contribution in [2.24, 2.45) is 0 Å². The van der Waals surface area contributed by atoms with E-state index in [0.717, 1.165) is 35.9 Å². The van der Waals surface area contributed by atoms with Crippen molar-refractivity contribution >= 4 is 40.5 Å². The molecule has 2 aliphatic rings. The lowest BCUT2D eigenvalue weighted by Gasteiger charge is -2.38. The zero-order chi connectivity index (χ0) is 32.4. The number of aliphatic hydroxyl groups excluding tert-OH is 3. The molecular weight excluding hydrogens is 616 g/mol. The number of piperidine rings is 1. The third-order valence-corrected chi connectivity index (χ3v) is 9.29. The second-order valence-corrected chi connectivity index (χ2v) is 12.4. The number of aliphatic hydroxyl groups is 3. The summed E-state index contributed by atoms with van der Waals surface area (Å²) in [6.45, 7) is 0.947. The first-order chi connectivity index (χ1) is 22.2. The number of nitrogens with two attached hydrogens (primary N) is 1. The zero-order valence-electron chi connectivity index (χ0n) is 24.6. The number of anilines is 1. The number of benzene rings is 2. The van der Waals surface area contributed by atoms with Crippen LogP contribution in [0.3, 0.4) is 0 Å². The molecule has 0 aliphatic carbocycles. The van der Waals surface area contributed by atoms with Crippen LogP contribution in [0.25, 0.3) is 22.3 Å². The number of carbonyl (C=O) groups excluding carboxylic acids is 1. The summed E-state index contributed by atoms with van der Waals surface area (Å²) in [5.74, 6) is 0.323. The van der Waals surface area contributed by atoms with Crippen LogP contribution < -0.4 is 10.5 Å². The lowest BCUT2D eigenvalue weighted by molar-refractivity contribution is -0.209. The maximum absolute atomic E-state index is 13.2. The standard InChI is InChI=1S/C31H34N6O8S/c32-28-22-23(17-8-10-20(11-9-17)44-19-6-2-1-3-7-19)35-37(29(22)34-16-33-28)18-5-4-13-36(15-18)21(38)12-14-46-31-26(41)24(39)25(40)27(45-31)30(42)43/h1-3,6-11,16,18,24-27,31,39-41H,4-5,12-15H2,(H,42,43)(H2,32,33,34)/t18-,24+,25+,26-,27+,31?/m1/s1. The Balaban J connectivity index is 1.14. The van der Waals surface area contributed by atoms with Crippen LogP contribution in [-0.2, 0) is 14.3 Å². The van der Waals surface area contributed by atoms with E-state index in [9.17, 15) is 30.0 Å². The van der Waals surface area contributed by atoms with Gasteiger partial charge < -0.3 is 40.5 Å². The predicted molar refractivity (Wildman–Crippen MR) is 168 cm³/mol. The topological polar surface area (TPSA) is 206 Å². The Hall–Kier alpha value is -4.28. The van der Waals surface area contributed by atoms with E-state index >= 15 is 0 Å². The number of carboxylic acid groups (broad SMARTS) is 1. The molecule has 1 amide bonds. The van der Waals surface area contributed by atoms with Crippen LogP contribution in [0.5, 0.6) is 11.5 Å². The van der Waals surface area contributed by atoms with E-state index in [-0.39, 0.29) is 24.1 Å². The molecule has 2 aromatic heterocycles. The van der Waals surface area contributed by atoms with Gasteiger partial charge in [-0.1, -0.05) is 18.2 Å². The number of hydrogen-bond donors (Lipinski definition) is 5. The minimum atomic E-state index is -1.76. The first kappa shape index (κ1) is 31.7. The van der Waals surface area contributed by atoms with Gasteiger partial charge in [-0.3, -0.25) is 4.79 Å². The largest absolute Gasteiger partial charge is 0.479 e. The molecule has 2 fully saturated rings. The monoisotopic (exact) mass is 650 g/mol. The molecule has 6 atom stereocenters. The van der Waals surface area contributed by atoms with Crippen LogP contribution in [0.2, 0.25) is 0 Å². The normalized spacial score (nSPS) is 25.0.